The third kappa shape index (κ3) is 6.47. The minimum absolute atomic E-state index is 0.199. The van der Waals surface area contributed by atoms with Crippen molar-refractivity contribution in [2.24, 2.45) is 0 Å². The zero-order valence-corrected chi connectivity index (χ0v) is 18.1. The van der Waals surface area contributed by atoms with Crippen LogP contribution in [0.25, 0.3) is 0 Å². The van der Waals surface area contributed by atoms with Crippen LogP contribution in [-0.2, 0) is 18.4 Å². The minimum atomic E-state index is 0.199. The molecule has 0 saturated heterocycles. The quantitative estimate of drug-likeness (QED) is 0.479. The van der Waals surface area contributed by atoms with Gasteiger partial charge in [0.2, 0.25) is 0 Å². The molecule has 0 fully saturated rings. The Morgan fingerprint density at radius 3 is 2.07 bits per heavy atom. The number of benzene rings is 3. The third-order valence-corrected chi connectivity index (χ3v) is 5.31. The fourth-order valence-electron chi connectivity index (χ4n) is 3.30. The molecule has 0 radical (unpaired) electrons. The van der Waals surface area contributed by atoms with Gasteiger partial charge >= 0.3 is 0 Å². The molecule has 3 rings (SSSR count). The zero-order chi connectivity index (χ0) is 20.7. The second-order valence-corrected chi connectivity index (χ2v) is 8.70. The number of hydrogen-bond acceptors (Lipinski definition) is 2. The van der Waals surface area contributed by atoms with Crippen LogP contribution in [0.5, 0.6) is 5.75 Å². The van der Waals surface area contributed by atoms with Crippen LogP contribution in [0.4, 0.5) is 0 Å². The molecule has 2 heteroatoms. The van der Waals surface area contributed by atoms with Crippen molar-refractivity contribution in [3.63, 3.8) is 0 Å². The van der Waals surface area contributed by atoms with E-state index in [0.29, 0.717) is 6.61 Å². The van der Waals surface area contributed by atoms with E-state index >= 15 is 0 Å². The molecule has 0 saturated carbocycles. The van der Waals surface area contributed by atoms with Gasteiger partial charge in [-0.05, 0) is 46.7 Å². The Morgan fingerprint density at radius 1 is 0.793 bits per heavy atom. The summed E-state index contributed by atoms with van der Waals surface area (Å²) in [4.78, 5) is 0. The summed E-state index contributed by atoms with van der Waals surface area (Å²) in [5.74, 6) is 0.926. The number of hydrogen-bond donors (Lipinski definition) is 1. The van der Waals surface area contributed by atoms with Crippen molar-refractivity contribution in [1.29, 1.82) is 0 Å². The molecule has 2 nitrogen and oxygen atoms in total. The Balaban J connectivity index is 1.46. The lowest BCUT2D eigenvalue weighted by molar-refractivity contribution is 0.322. The van der Waals surface area contributed by atoms with Crippen LogP contribution in [0.3, 0.4) is 0 Å². The van der Waals surface area contributed by atoms with Crippen molar-refractivity contribution in [3.05, 3.63) is 101 Å². The van der Waals surface area contributed by atoms with E-state index < -0.39 is 0 Å². The van der Waals surface area contributed by atoms with Crippen LogP contribution in [0.15, 0.2) is 78.9 Å². The van der Waals surface area contributed by atoms with Crippen LogP contribution in [0.2, 0.25) is 0 Å². The monoisotopic (exact) mass is 387 g/mol. The van der Waals surface area contributed by atoms with Crippen molar-refractivity contribution >= 4 is 0 Å². The van der Waals surface area contributed by atoms with Gasteiger partial charge in [0.15, 0.2) is 0 Å². The first-order chi connectivity index (χ1) is 13.9. The molecule has 0 aromatic heterocycles. The van der Waals surface area contributed by atoms with E-state index in [-0.39, 0.29) is 11.5 Å². The van der Waals surface area contributed by atoms with Crippen LogP contribution in [-0.4, -0.2) is 6.61 Å². The van der Waals surface area contributed by atoms with Gasteiger partial charge in [0, 0.05) is 19.0 Å². The highest BCUT2D eigenvalue weighted by atomic mass is 16.5. The van der Waals surface area contributed by atoms with Gasteiger partial charge < -0.3 is 10.1 Å². The van der Waals surface area contributed by atoms with E-state index in [2.05, 4.69) is 106 Å². The van der Waals surface area contributed by atoms with Gasteiger partial charge in [-0.25, -0.2) is 0 Å². The molecular weight excluding hydrogens is 354 g/mol. The van der Waals surface area contributed by atoms with Gasteiger partial charge in [0.25, 0.3) is 0 Å². The summed E-state index contributed by atoms with van der Waals surface area (Å²) in [6.07, 6.45) is 0.925. The zero-order valence-electron chi connectivity index (χ0n) is 18.1. The van der Waals surface area contributed by atoms with Crippen LogP contribution in [0, 0.1) is 0 Å². The molecule has 0 aliphatic rings. The molecule has 0 spiro atoms. The normalized spacial score (nSPS) is 12.6. The Bertz CT molecular complexity index is 861. The second-order valence-electron chi connectivity index (χ2n) is 8.70. The first kappa shape index (κ1) is 21.1. The second kappa shape index (κ2) is 9.76. The maximum atomic E-state index is 5.89. The molecule has 0 heterocycles. The average Bonchev–Trinajstić information content (AvgIpc) is 2.73. The van der Waals surface area contributed by atoms with E-state index in [1.165, 1.54) is 22.3 Å². The third-order valence-electron chi connectivity index (χ3n) is 5.31. The predicted molar refractivity (Wildman–Crippen MR) is 122 cm³/mol. The van der Waals surface area contributed by atoms with Gasteiger partial charge in [0.1, 0.15) is 5.75 Å². The summed E-state index contributed by atoms with van der Waals surface area (Å²) in [6.45, 7) is 10.5. The molecule has 1 unspecified atom stereocenters. The van der Waals surface area contributed by atoms with Crippen LogP contribution >= 0.6 is 0 Å². The van der Waals surface area contributed by atoms with Gasteiger partial charge in [-0.3, -0.25) is 0 Å². The van der Waals surface area contributed by atoms with E-state index in [4.69, 9.17) is 4.74 Å². The maximum Gasteiger partial charge on any atom is 0.119 e. The smallest absolute Gasteiger partial charge is 0.119 e. The molecule has 0 bridgehead atoms. The lowest BCUT2D eigenvalue weighted by Crippen LogP contribution is -2.18. The van der Waals surface area contributed by atoms with Crippen LogP contribution in [0.1, 0.15) is 56.0 Å². The fraction of sp³-hybridized carbons (Fsp3) is 0.333. The van der Waals surface area contributed by atoms with Crippen molar-refractivity contribution in [1.82, 2.24) is 5.32 Å². The minimum Gasteiger partial charge on any atom is -0.493 e. The topological polar surface area (TPSA) is 21.3 Å². The summed E-state index contributed by atoms with van der Waals surface area (Å²) >= 11 is 0. The molecule has 1 N–H and O–H groups in total. The Labute approximate surface area is 175 Å². The van der Waals surface area contributed by atoms with Gasteiger partial charge in [-0.1, -0.05) is 87.5 Å². The summed E-state index contributed by atoms with van der Waals surface area (Å²) < 4.78 is 5.89. The largest absolute Gasteiger partial charge is 0.493 e. The lowest BCUT2D eigenvalue weighted by atomic mass is 9.87. The molecular formula is C27H33NO. The Hall–Kier alpha value is -2.58. The molecule has 152 valence electrons. The molecule has 3 aromatic rings. The van der Waals surface area contributed by atoms with Crippen molar-refractivity contribution in [3.8, 4) is 5.75 Å². The fourth-order valence-corrected chi connectivity index (χ4v) is 3.30. The molecule has 0 aliphatic carbocycles. The van der Waals surface area contributed by atoms with Gasteiger partial charge in [0.05, 0.1) is 6.61 Å². The SMILES string of the molecule is CC(NCc1ccc(C(C)(C)C)cc1)c1ccc(OCCc2ccccc2)cc1. The standard InChI is InChI=1S/C27H33NO/c1-21(28-20-23-10-14-25(15-11-23)27(2,3)4)24-12-16-26(17-13-24)29-19-18-22-8-6-5-7-9-22/h5-17,21,28H,18-20H2,1-4H3. The van der Waals surface area contributed by atoms with Crippen LogP contribution < -0.4 is 10.1 Å². The Kier molecular flexibility index (Phi) is 7.11. The highest BCUT2D eigenvalue weighted by Gasteiger charge is 2.13. The van der Waals surface area contributed by atoms with Crippen molar-refractivity contribution in [2.45, 2.75) is 52.1 Å². The predicted octanol–water partition coefficient (Wildman–Crippen LogP) is 6.46. The van der Waals surface area contributed by atoms with E-state index in [1.807, 2.05) is 6.07 Å². The van der Waals surface area contributed by atoms with E-state index in [0.717, 1.165) is 18.7 Å². The van der Waals surface area contributed by atoms with Gasteiger partial charge in [-0.15, -0.1) is 0 Å². The Morgan fingerprint density at radius 2 is 1.45 bits per heavy atom. The molecule has 0 amide bonds. The first-order valence-corrected chi connectivity index (χ1v) is 10.5. The summed E-state index contributed by atoms with van der Waals surface area (Å²) in [6, 6.07) is 28.1. The maximum absolute atomic E-state index is 5.89. The highest BCUT2D eigenvalue weighted by molar-refractivity contribution is 5.30. The molecule has 0 aliphatic heterocycles. The summed E-state index contributed by atoms with van der Waals surface area (Å²) in [5, 5.41) is 3.62. The summed E-state index contributed by atoms with van der Waals surface area (Å²) in [7, 11) is 0. The van der Waals surface area contributed by atoms with E-state index in [9.17, 15) is 0 Å². The highest BCUT2D eigenvalue weighted by Crippen LogP contribution is 2.23. The average molecular weight is 388 g/mol. The lowest BCUT2D eigenvalue weighted by Gasteiger charge is -2.20. The number of rotatable bonds is 8. The molecule has 1 atom stereocenters. The van der Waals surface area contributed by atoms with Gasteiger partial charge in [-0.2, -0.15) is 0 Å². The number of nitrogens with one attached hydrogen (secondary N) is 1. The van der Waals surface area contributed by atoms with Crippen molar-refractivity contribution in [2.75, 3.05) is 6.61 Å². The van der Waals surface area contributed by atoms with E-state index in [1.54, 1.807) is 0 Å². The molecule has 3 aromatic carbocycles. The summed E-state index contributed by atoms with van der Waals surface area (Å²) in [5.41, 5.74) is 5.46. The molecule has 29 heavy (non-hydrogen) atoms. The first-order valence-electron chi connectivity index (χ1n) is 10.5. The number of ether oxygens (including phenoxy) is 1. The van der Waals surface area contributed by atoms with Crippen molar-refractivity contribution < 1.29 is 4.74 Å².